The van der Waals surface area contributed by atoms with Crippen LogP contribution in [0.2, 0.25) is 0 Å². The number of amides is 1. The van der Waals surface area contributed by atoms with Crippen molar-refractivity contribution in [2.45, 2.75) is 20.0 Å². The van der Waals surface area contributed by atoms with Gasteiger partial charge < -0.3 is 9.64 Å². The Bertz CT molecular complexity index is 829. The first-order valence-electron chi connectivity index (χ1n) is 8.20. The van der Waals surface area contributed by atoms with E-state index in [0.717, 1.165) is 28.0 Å². The van der Waals surface area contributed by atoms with Gasteiger partial charge in [0.15, 0.2) is 0 Å². The zero-order chi connectivity index (χ0) is 18.0. The summed E-state index contributed by atoms with van der Waals surface area (Å²) in [6.07, 6.45) is 1.85. The molecule has 5 nitrogen and oxygen atoms in total. The lowest BCUT2D eigenvalue weighted by atomic mass is 9.95. The van der Waals surface area contributed by atoms with E-state index in [1.54, 1.807) is 7.11 Å². The van der Waals surface area contributed by atoms with Crippen molar-refractivity contribution in [1.82, 2.24) is 9.91 Å². The van der Waals surface area contributed by atoms with Gasteiger partial charge in [0.2, 0.25) is 0 Å². The molecular weight excluding hydrogens is 314 g/mol. The second-order valence-electron chi connectivity index (χ2n) is 6.37. The molecule has 0 saturated carbocycles. The molecule has 0 atom stereocenters. The summed E-state index contributed by atoms with van der Waals surface area (Å²) < 4.78 is 5.45. The molecule has 0 bridgehead atoms. The maximum absolute atomic E-state index is 13.0. The number of methoxy groups -OCH3 is 1. The van der Waals surface area contributed by atoms with Gasteiger partial charge in [0, 0.05) is 25.4 Å². The zero-order valence-corrected chi connectivity index (χ0v) is 14.8. The quantitative estimate of drug-likeness (QED) is 0.529. The number of nitrogens with zero attached hydrogens (tertiary/aromatic N) is 2. The van der Waals surface area contributed by atoms with Crippen LogP contribution in [-0.4, -0.2) is 30.0 Å². The Balaban J connectivity index is 1.89. The van der Waals surface area contributed by atoms with Crippen LogP contribution in [0.1, 0.15) is 22.3 Å². The fourth-order valence-corrected chi connectivity index (χ4v) is 3.16. The minimum atomic E-state index is -0.206. The van der Waals surface area contributed by atoms with Crippen LogP contribution in [-0.2, 0) is 17.9 Å². The first-order valence-corrected chi connectivity index (χ1v) is 8.20. The van der Waals surface area contributed by atoms with Crippen LogP contribution in [0.3, 0.4) is 0 Å². The number of ether oxygens (including phenoxy) is 1. The molecule has 5 heteroatoms. The van der Waals surface area contributed by atoms with Gasteiger partial charge in [-0.2, -0.15) is 0 Å². The number of rotatable bonds is 4. The number of nitrogens with two attached hydrogens (primary N) is 1. The monoisotopic (exact) mass is 337 g/mol. The largest absolute Gasteiger partial charge is 0.496 e. The first-order chi connectivity index (χ1) is 12.0. The highest BCUT2D eigenvalue weighted by Gasteiger charge is 2.26. The van der Waals surface area contributed by atoms with Crippen molar-refractivity contribution in [1.29, 1.82) is 0 Å². The van der Waals surface area contributed by atoms with Gasteiger partial charge in [-0.15, -0.1) is 0 Å². The number of aryl methyl sites for hydroxylation is 1. The lowest BCUT2D eigenvalue weighted by Crippen LogP contribution is -2.38. The maximum Gasteiger partial charge on any atom is 0.270 e. The average Bonchev–Trinajstić information content (AvgIpc) is 2.59. The highest BCUT2D eigenvalue weighted by Crippen LogP contribution is 2.33. The molecule has 1 aliphatic heterocycles. The standard InChI is InChI=1S/C20H23N3O2/c1-14-6-4-7-15(10-14)11-23(21)20(24)18-13-22(2)12-17-16(18)8-5-9-19(17)25-3/h4-10,13H,11-12,21H2,1-3H3. The Morgan fingerprint density at radius 1 is 1.28 bits per heavy atom. The van der Waals surface area contributed by atoms with Gasteiger partial charge >= 0.3 is 0 Å². The molecule has 2 N–H and O–H groups in total. The van der Waals surface area contributed by atoms with Crippen molar-refractivity contribution in [3.8, 4) is 5.75 Å². The Morgan fingerprint density at radius 2 is 2.04 bits per heavy atom. The Kier molecular flexibility index (Phi) is 4.76. The summed E-state index contributed by atoms with van der Waals surface area (Å²) >= 11 is 0. The van der Waals surface area contributed by atoms with E-state index >= 15 is 0 Å². The molecule has 0 radical (unpaired) electrons. The molecule has 25 heavy (non-hydrogen) atoms. The van der Waals surface area contributed by atoms with Gasteiger partial charge in [-0.05, 0) is 24.1 Å². The molecule has 0 fully saturated rings. The summed E-state index contributed by atoms with van der Waals surface area (Å²) in [6, 6.07) is 13.7. The lowest BCUT2D eigenvalue weighted by molar-refractivity contribution is -0.126. The van der Waals surface area contributed by atoms with Crippen LogP contribution in [0.5, 0.6) is 5.75 Å². The third kappa shape index (κ3) is 3.51. The van der Waals surface area contributed by atoms with E-state index in [1.165, 1.54) is 5.01 Å². The first kappa shape index (κ1) is 17.0. The predicted molar refractivity (Wildman–Crippen MR) is 98.4 cm³/mol. The van der Waals surface area contributed by atoms with Crippen molar-refractivity contribution in [3.05, 3.63) is 70.9 Å². The highest BCUT2D eigenvalue weighted by atomic mass is 16.5. The zero-order valence-electron chi connectivity index (χ0n) is 14.8. The molecule has 1 heterocycles. The molecule has 1 aliphatic rings. The number of hydrogen-bond donors (Lipinski definition) is 1. The second kappa shape index (κ2) is 6.99. The summed E-state index contributed by atoms with van der Waals surface area (Å²) in [5.41, 5.74) is 4.61. The van der Waals surface area contributed by atoms with Crippen molar-refractivity contribution < 1.29 is 9.53 Å². The Hall–Kier alpha value is -2.79. The number of carbonyl (C=O) groups excluding carboxylic acids is 1. The number of benzene rings is 2. The van der Waals surface area contributed by atoms with Crippen LogP contribution in [0.4, 0.5) is 0 Å². The molecule has 1 amide bonds. The summed E-state index contributed by atoms with van der Waals surface area (Å²) in [4.78, 5) is 14.9. The van der Waals surface area contributed by atoms with Crippen LogP contribution in [0.15, 0.2) is 48.7 Å². The fraction of sp³-hybridized carbons (Fsp3) is 0.250. The third-order valence-electron chi connectivity index (χ3n) is 4.33. The van der Waals surface area contributed by atoms with Crippen LogP contribution >= 0.6 is 0 Å². The van der Waals surface area contributed by atoms with Crippen molar-refractivity contribution in [2.75, 3.05) is 14.2 Å². The molecule has 0 aromatic heterocycles. The average molecular weight is 337 g/mol. The second-order valence-corrected chi connectivity index (χ2v) is 6.37. The van der Waals surface area contributed by atoms with E-state index in [-0.39, 0.29) is 5.91 Å². The van der Waals surface area contributed by atoms with E-state index in [2.05, 4.69) is 0 Å². The minimum Gasteiger partial charge on any atom is -0.496 e. The molecule has 2 aromatic carbocycles. The maximum atomic E-state index is 13.0. The third-order valence-corrected chi connectivity index (χ3v) is 4.33. The molecule has 0 spiro atoms. The lowest BCUT2D eigenvalue weighted by Gasteiger charge is -2.28. The number of hydrogen-bond acceptors (Lipinski definition) is 4. The predicted octanol–water partition coefficient (Wildman–Crippen LogP) is 2.69. The molecule has 0 unspecified atom stereocenters. The van der Waals surface area contributed by atoms with Crippen molar-refractivity contribution >= 4 is 11.5 Å². The molecule has 130 valence electrons. The highest BCUT2D eigenvalue weighted by molar-refractivity contribution is 6.19. The van der Waals surface area contributed by atoms with Crippen LogP contribution < -0.4 is 10.6 Å². The summed E-state index contributed by atoms with van der Waals surface area (Å²) in [6.45, 7) is 3.08. The van der Waals surface area contributed by atoms with Crippen LogP contribution in [0.25, 0.3) is 5.57 Å². The summed E-state index contributed by atoms with van der Waals surface area (Å²) in [5.74, 6) is 6.67. The van der Waals surface area contributed by atoms with Crippen molar-refractivity contribution in [3.63, 3.8) is 0 Å². The van der Waals surface area contributed by atoms with E-state index < -0.39 is 0 Å². The molecule has 3 rings (SSSR count). The van der Waals surface area contributed by atoms with E-state index in [0.29, 0.717) is 18.7 Å². The number of fused-ring (bicyclic) bond motifs is 1. The Morgan fingerprint density at radius 3 is 2.76 bits per heavy atom. The fourth-order valence-electron chi connectivity index (χ4n) is 3.16. The SMILES string of the molecule is COc1cccc2c1CN(C)C=C2C(=O)N(N)Cc1cccc(C)c1. The van der Waals surface area contributed by atoms with Crippen molar-refractivity contribution in [2.24, 2.45) is 5.84 Å². The van der Waals surface area contributed by atoms with Gasteiger partial charge in [-0.25, -0.2) is 5.84 Å². The normalized spacial score (nSPS) is 13.1. The minimum absolute atomic E-state index is 0.206. The van der Waals surface area contributed by atoms with E-state index in [1.807, 2.05) is 67.5 Å². The number of carbonyl (C=O) groups is 1. The van der Waals surface area contributed by atoms with Gasteiger partial charge in [0.25, 0.3) is 5.91 Å². The summed E-state index contributed by atoms with van der Waals surface area (Å²) in [5, 5.41) is 1.27. The molecular formula is C20H23N3O2. The smallest absolute Gasteiger partial charge is 0.270 e. The molecule has 2 aromatic rings. The summed E-state index contributed by atoms with van der Waals surface area (Å²) in [7, 11) is 3.58. The molecule has 0 saturated heterocycles. The van der Waals surface area contributed by atoms with Gasteiger partial charge in [0.05, 0.1) is 19.2 Å². The van der Waals surface area contributed by atoms with Gasteiger partial charge in [0.1, 0.15) is 5.75 Å². The molecule has 0 aliphatic carbocycles. The number of hydrazine groups is 1. The topological polar surface area (TPSA) is 58.8 Å². The Labute approximate surface area is 148 Å². The van der Waals surface area contributed by atoms with E-state index in [9.17, 15) is 4.79 Å². The van der Waals surface area contributed by atoms with Gasteiger partial charge in [-0.3, -0.25) is 9.80 Å². The van der Waals surface area contributed by atoms with E-state index in [4.69, 9.17) is 10.6 Å². The van der Waals surface area contributed by atoms with Crippen LogP contribution in [0, 0.1) is 6.92 Å². The van der Waals surface area contributed by atoms with Gasteiger partial charge in [-0.1, -0.05) is 42.0 Å².